The van der Waals surface area contributed by atoms with Crippen LogP contribution < -0.4 is 10.1 Å². The molecule has 0 fully saturated rings. The second-order valence-electron chi connectivity index (χ2n) is 5.24. The Hall–Kier alpha value is -2.23. The van der Waals surface area contributed by atoms with Crippen LogP contribution in [0.5, 0.6) is 11.5 Å². The maximum absolute atomic E-state index is 9.82. The van der Waals surface area contributed by atoms with Crippen LogP contribution in [0.3, 0.4) is 0 Å². The molecule has 2 N–H and O–H groups in total. The molecule has 1 aromatic heterocycles. The minimum Gasteiger partial charge on any atom is -0.504 e. The molecule has 1 heterocycles. The van der Waals surface area contributed by atoms with Crippen LogP contribution in [0.4, 0.5) is 5.82 Å². The topological polar surface area (TPSA) is 54.4 Å². The predicted molar refractivity (Wildman–Crippen MR) is 84.7 cm³/mol. The van der Waals surface area contributed by atoms with E-state index >= 15 is 0 Å². The average Bonchev–Trinajstić information content (AvgIpc) is 2.48. The summed E-state index contributed by atoms with van der Waals surface area (Å²) in [6.07, 6.45) is 1.77. The molecule has 1 unspecified atom stereocenters. The maximum atomic E-state index is 9.82. The minimum absolute atomic E-state index is 0.0970. The molecule has 0 aliphatic rings. The Balaban J connectivity index is 2.28. The van der Waals surface area contributed by atoms with E-state index in [1.807, 2.05) is 37.3 Å². The van der Waals surface area contributed by atoms with Crippen molar-refractivity contribution in [2.24, 2.45) is 5.92 Å². The molecule has 0 spiro atoms. The van der Waals surface area contributed by atoms with Crippen LogP contribution in [0.1, 0.15) is 32.4 Å². The van der Waals surface area contributed by atoms with Crippen molar-refractivity contribution in [3.63, 3.8) is 0 Å². The van der Waals surface area contributed by atoms with Gasteiger partial charge in [-0.3, -0.25) is 0 Å². The molecular formula is C17H22N2O2. The number of rotatable bonds is 6. The van der Waals surface area contributed by atoms with Crippen molar-refractivity contribution < 1.29 is 9.84 Å². The number of hydrogen-bond donors (Lipinski definition) is 2. The summed E-state index contributed by atoms with van der Waals surface area (Å²) in [5.41, 5.74) is 1.07. The molecule has 1 atom stereocenters. The van der Waals surface area contributed by atoms with Crippen molar-refractivity contribution in [1.29, 1.82) is 0 Å². The van der Waals surface area contributed by atoms with Gasteiger partial charge in [0.2, 0.25) is 0 Å². The first-order chi connectivity index (χ1) is 10.1. The van der Waals surface area contributed by atoms with Gasteiger partial charge in [-0.1, -0.05) is 26.0 Å². The highest BCUT2D eigenvalue weighted by molar-refractivity contribution is 5.45. The number of anilines is 1. The van der Waals surface area contributed by atoms with Crippen molar-refractivity contribution in [3.05, 3.63) is 48.2 Å². The van der Waals surface area contributed by atoms with Gasteiger partial charge in [0.1, 0.15) is 5.82 Å². The minimum atomic E-state index is 0.0970. The van der Waals surface area contributed by atoms with E-state index in [-0.39, 0.29) is 11.8 Å². The smallest absolute Gasteiger partial charge is 0.161 e. The molecule has 0 saturated heterocycles. The standard InChI is InChI=1S/C17H22N2O2/c1-4-21-15-11-13(8-9-14(15)20)17(12(2)3)19-16-7-5-6-10-18-16/h5-12,17,20H,4H2,1-3H3,(H,18,19). The van der Waals surface area contributed by atoms with E-state index < -0.39 is 0 Å². The van der Waals surface area contributed by atoms with Gasteiger partial charge in [0.05, 0.1) is 12.6 Å². The summed E-state index contributed by atoms with van der Waals surface area (Å²) in [5, 5.41) is 13.3. The van der Waals surface area contributed by atoms with Crippen LogP contribution in [0.25, 0.3) is 0 Å². The summed E-state index contributed by atoms with van der Waals surface area (Å²) in [6.45, 7) is 6.72. The molecule has 21 heavy (non-hydrogen) atoms. The third kappa shape index (κ3) is 3.88. The van der Waals surface area contributed by atoms with Gasteiger partial charge in [0, 0.05) is 6.20 Å². The maximum Gasteiger partial charge on any atom is 0.161 e. The predicted octanol–water partition coefficient (Wildman–Crippen LogP) is 4.00. The van der Waals surface area contributed by atoms with Crippen LogP contribution in [0.2, 0.25) is 0 Å². The van der Waals surface area contributed by atoms with Crippen LogP contribution >= 0.6 is 0 Å². The normalized spacial score (nSPS) is 12.2. The van der Waals surface area contributed by atoms with Gasteiger partial charge >= 0.3 is 0 Å². The van der Waals surface area contributed by atoms with Crippen molar-refractivity contribution >= 4 is 5.82 Å². The second-order valence-corrected chi connectivity index (χ2v) is 5.24. The summed E-state index contributed by atoms with van der Waals surface area (Å²) in [6, 6.07) is 11.4. The summed E-state index contributed by atoms with van der Waals surface area (Å²) < 4.78 is 5.46. The SMILES string of the molecule is CCOc1cc(C(Nc2ccccn2)C(C)C)ccc1O. The number of aromatic hydroxyl groups is 1. The van der Waals surface area contributed by atoms with Gasteiger partial charge in [-0.25, -0.2) is 4.98 Å². The van der Waals surface area contributed by atoms with E-state index in [2.05, 4.69) is 24.1 Å². The molecule has 0 radical (unpaired) electrons. The van der Waals surface area contributed by atoms with Gasteiger partial charge in [-0.05, 0) is 42.7 Å². The molecule has 112 valence electrons. The highest BCUT2D eigenvalue weighted by atomic mass is 16.5. The van der Waals surface area contributed by atoms with Gasteiger partial charge in [0.25, 0.3) is 0 Å². The van der Waals surface area contributed by atoms with Crippen molar-refractivity contribution in [2.45, 2.75) is 26.8 Å². The number of ether oxygens (including phenoxy) is 1. The van der Waals surface area contributed by atoms with Crippen LogP contribution in [-0.4, -0.2) is 16.7 Å². The van der Waals surface area contributed by atoms with E-state index in [9.17, 15) is 5.11 Å². The molecule has 0 aliphatic heterocycles. The van der Waals surface area contributed by atoms with E-state index in [1.54, 1.807) is 12.3 Å². The van der Waals surface area contributed by atoms with E-state index in [1.165, 1.54) is 0 Å². The van der Waals surface area contributed by atoms with E-state index in [4.69, 9.17) is 4.74 Å². The highest BCUT2D eigenvalue weighted by Crippen LogP contribution is 2.33. The van der Waals surface area contributed by atoms with E-state index in [0.717, 1.165) is 11.4 Å². The van der Waals surface area contributed by atoms with Crippen LogP contribution in [-0.2, 0) is 0 Å². The van der Waals surface area contributed by atoms with Gasteiger partial charge in [-0.15, -0.1) is 0 Å². The highest BCUT2D eigenvalue weighted by Gasteiger charge is 2.18. The third-order valence-corrected chi connectivity index (χ3v) is 3.28. The van der Waals surface area contributed by atoms with Gasteiger partial charge < -0.3 is 15.2 Å². The average molecular weight is 286 g/mol. The Morgan fingerprint density at radius 3 is 2.67 bits per heavy atom. The lowest BCUT2D eigenvalue weighted by Gasteiger charge is -2.24. The first kappa shape index (κ1) is 15.2. The van der Waals surface area contributed by atoms with Gasteiger partial charge in [0.15, 0.2) is 11.5 Å². The number of aromatic nitrogens is 1. The number of nitrogens with one attached hydrogen (secondary N) is 1. The Kier molecular flexibility index (Phi) is 5.04. The summed E-state index contributed by atoms with van der Waals surface area (Å²) in [5.74, 6) is 1.89. The fourth-order valence-electron chi connectivity index (χ4n) is 2.24. The molecule has 0 aliphatic carbocycles. The lowest BCUT2D eigenvalue weighted by molar-refractivity contribution is 0.317. The number of benzene rings is 1. The molecule has 2 rings (SSSR count). The molecule has 0 bridgehead atoms. The fourth-order valence-corrected chi connectivity index (χ4v) is 2.24. The van der Waals surface area contributed by atoms with Crippen molar-refractivity contribution in [1.82, 2.24) is 4.98 Å². The molecule has 0 amide bonds. The quantitative estimate of drug-likeness (QED) is 0.843. The molecule has 4 heteroatoms. The van der Waals surface area contributed by atoms with Gasteiger partial charge in [-0.2, -0.15) is 0 Å². The van der Waals surface area contributed by atoms with Crippen molar-refractivity contribution in [3.8, 4) is 11.5 Å². The summed E-state index contributed by atoms with van der Waals surface area (Å²) in [4.78, 5) is 4.31. The second kappa shape index (κ2) is 6.97. The number of phenols is 1. The number of phenolic OH excluding ortho intramolecular Hbond substituents is 1. The van der Waals surface area contributed by atoms with E-state index in [0.29, 0.717) is 18.3 Å². The summed E-state index contributed by atoms with van der Waals surface area (Å²) >= 11 is 0. The molecular weight excluding hydrogens is 264 g/mol. The molecule has 0 saturated carbocycles. The summed E-state index contributed by atoms with van der Waals surface area (Å²) in [7, 11) is 0. The zero-order valence-corrected chi connectivity index (χ0v) is 12.7. The zero-order valence-electron chi connectivity index (χ0n) is 12.7. The largest absolute Gasteiger partial charge is 0.504 e. The number of hydrogen-bond acceptors (Lipinski definition) is 4. The number of pyridine rings is 1. The zero-order chi connectivity index (χ0) is 15.2. The lowest BCUT2D eigenvalue weighted by Crippen LogP contribution is -2.17. The number of nitrogens with zero attached hydrogens (tertiary/aromatic N) is 1. The Labute approximate surface area is 125 Å². The Bertz CT molecular complexity index is 570. The third-order valence-electron chi connectivity index (χ3n) is 3.28. The van der Waals surface area contributed by atoms with Crippen LogP contribution in [0.15, 0.2) is 42.6 Å². The molecule has 4 nitrogen and oxygen atoms in total. The fraction of sp³-hybridized carbons (Fsp3) is 0.353. The molecule has 2 aromatic rings. The van der Waals surface area contributed by atoms with Crippen molar-refractivity contribution in [2.75, 3.05) is 11.9 Å². The first-order valence-electron chi connectivity index (χ1n) is 7.25. The Morgan fingerprint density at radius 2 is 2.05 bits per heavy atom. The lowest BCUT2D eigenvalue weighted by atomic mass is 9.95. The Morgan fingerprint density at radius 1 is 1.24 bits per heavy atom. The first-order valence-corrected chi connectivity index (χ1v) is 7.25. The molecule has 1 aromatic carbocycles. The monoisotopic (exact) mass is 286 g/mol. The van der Waals surface area contributed by atoms with Crippen LogP contribution in [0, 0.1) is 5.92 Å².